The van der Waals surface area contributed by atoms with E-state index in [9.17, 15) is 14.9 Å². The fourth-order valence-electron chi connectivity index (χ4n) is 1.76. The second kappa shape index (κ2) is 6.40. The van der Waals surface area contributed by atoms with Crippen molar-refractivity contribution in [2.45, 2.75) is 6.92 Å². The summed E-state index contributed by atoms with van der Waals surface area (Å²) in [6.45, 7) is 1.75. The average molecular weight is 417 g/mol. The van der Waals surface area contributed by atoms with Gasteiger partial charge in [0.05, 0.1) is 15.5 Å². The molecule has 2 aromatic carbocycles. The number of rotatable bonds is 3. The number of carbonyl (C=O) groups is 1. The molecule has 2 aromatic rings. The predicted molar refractivity (Wildman–Crippen MR) is 90.0 cm³/mol. The van der Waals surface area contributed by atoms with Gasteiger partial charge in [0.25, 0.3) is 11.6 Å². The highest BCUT2D eigenvalue weighted by atomic mass is 127. The molecule has 0 heterocycles. The third-order valence-electron chi connectivity index (χ3n) is 2.77. The average Bonchev–Trinajstić information content (AvgIpc) is 2.43. The van der Waals surface area contributed by atoms with Gasteiger partial charge in [-0.1, -0.05) is 17.7 Å². The third-order valence-corrected chi connectivity index (χ3v) is 3.77. The van der Waals surface area contributed by atoms with Crippen LogP contribution >= 0.6 is 34.2 Å². The van der Waals surface area contributed by atoms with Gasteiger partial charge in [0, 0.05) is 9.64 Å². The van der Waals surface area contributed by atoms with Crippen LogP contribution in [0.4, 0.5) is 11.4 Å². The molecule has 1 amide bonds. The summed E-state index contributed by atoms with van der Waals surface area (Å²) in [5, 5.41) is 13.9. The molecule has 1 N–H and O–H groups in total. The molecule has 5 nitrogen and oxygen atoms in total. The van der Waals surface area contributed by atoms with E-state index in [1.54, 1.807) is 31.2 Å². The van der Waals surface area contributed by atoms with Crippen molar-refractivity contribution in [3.05, 3.63) is 66.2 Å². The van der Waals surface area contributed by atoms with E-state index < -0.39 is 10.8 Å². The lowest BCUT2D eigenvalue weighted by molar-refractivity contribution is -0.384. The lowest BCUT2D eigenvalue weighted by Crippen LogP contribution is -2.14. The third kappa shape index (κ3) is 3.70. The lowest BCUT2D eigenvalue weighted by Gasteiger charge is -2.08. The SMILES string of the molecule is Cc1ccc(NC(=O)c2cc(I)ccc2Cl)c([N+](=O)[O-])c1. The second-order valence-electron chi connectivity index (χ2n) is 4.36. The molecule has 0 aliphatic carbocycles. The molecule has 0 aliphatic rings. The maximum Gasteiger partial charge on any atom is 0.293 e. The van der Waals surface area contributed by atoms with Gasteiger partial charge in [0.2, 0.25) is 0 Å². The van der Waals surface area contributed by atoms with E-state index in [0.717, 1.165) is 9.13 Å². The number of benzene rings is 2. The highest BCUT2D eigenvalue weighted by Gasteiger charge is 2.18. The van der Waals surface area contributed by atoms with E-state index in [1.807, 2.05) is 0 Å². The monoisotopic (exact) mass is 416 g/mol. The van der Waals surface area contributed by atoms with Gasteiger partial charge < -0.3 is 5.32 Å². The van der Waals surface area contributed by atoms with Gasteiger partial charge in [0.15, 0.2) is 0 Å². The number of nitro benzene ring substituents is 1. The number of nitrogens with one attached hydrogen (secondary N) is 1. The molecule has 21 heavy (non-hydrogen) atoms. The van der Waals surface area contributed by atoms with Crippen molar-refractivity contribution in [1.29, 1.82) is 0 Å². The number of amides is 1. The Hall–Kier alpha value is -1.67. The smallest absolute Gasteiger partial charge is 0.293 e. The molecule has 0 atom stereocenters. The Kier molecular flexibility index (Phi) is 4.79. The highest BCUT2D eigenvalue weighted by Crippen LogP contribution is 2.27. The minimum Gasteiger partial charge on any atom is -0.316 e. The quantitative estimate of drug-likeness (QED) is 0.457. The first-order valence-electron chi connectivity index (χ1n) is 5.90. The number of hydrogen-bond donors (Lipinski definition) is 1. The molecule has 0 bridgehead atoms. The molecule has 0 aromatic heterocycles. The zero-order valence-corrected chi connectivity index (χ0v) is 13.8. The van der Waals surface area contributed by atoms with Crippen LogP contribution in [-0.4, -0.2) is 10.8 Å². The number of halogens is 2. The largest absolute Gasteiger partial charge is 0.316 e. The molecule has 7 heteroatoms. The van der Waals surface area contributed by atoms with E-state index >= 15 is 0 Å². The number of aryl methyl sites for hydroxylation is 1. The second-order valence-corrected chi connectivity index (χ2v) is 6.01. The maximum atomic E-state index is 12.2. The van der Waals surface area contributed by atoms with Gasteiger partial charge in [-0.2, -0.15) is 0 Å². The van der Waals surface area contributed by atoms with Crippen LogP contribution in [0.25, 0.3) is 0 Å². The van der Waals surface area contributed by atoms with Crippen molar-refractivity contribution in [3.8, 4) is 0 Å². The number of anilines is 1. The van der Waals surface area contributed by atoms with Crippen LogP contribution in [-0.2, 0) is 0 Å². The summed E-state index contributed by atoms with van der Waals surface area (Å²) in [6, 6.07) is 9.62. The van der Waals surface area contributed by atoms with Gasteiger partial charge in [-0.05, 0) is 59.3 Å². The Morgan fingerprint density at radius 2 is 2.00 bits per heavy atom. The Morgan fingerprint density at radius 3 is 2.67 bits per heavy atom. The summed E-state index contributed by atoms with van der Waals surface area (Å²) in [5.74, 6) is -0.481. The highest BCUT2D eigenvalue weighted by molar-refractivity contribution is 14.1. The van der Waals surface area contributed by atoms with Gasteiger partial charge in [-0.15, -0.1) is 0 Å². The molecule has 108 valence electrons. The maximum absolute atomic E-state index is 12.2. The van der Waals surface area contributed by atoms with E-state index in [0.29, 0.717) is 5.02 Å². The summed E-state index contributed by atoms with van der Waals surface area (Å²) in [7, 11) is 0. The van der Waals surface area contributed by atoms with E-state index in [4.69, 9.17) is 11.6 Å². The van der Waals surface area contributed by atoms with Crippen molar-refractivity contribution < 1.29 is 9.72 Å². The summed E-state index contributed by atoms with van der Waals surface area (Å²) in [5.41, 5.74) is 1.01. The van der Waals surface area contributed by atoms with Crippen molar-refractivity contribution in [2.24, 2.45) is 0 Å². The van der Waals surface area contributed by atoms with Gasteiger partial charge in [-0.25, -0.2) is 0 Å². The molecule has 0 radical (unpaired) electrons. The van der Waals surface area contributed by atoms with Gasteiger partial charge >= 0.3 is 0 Å². The van der Waals surface area contributed by atoms with E-state index in [1.165, 1.54) is 12.1 Å². The van der Waals surface area contributed by atoms with Crippen LogP contribution < -0.4 is 5.32 Å². The molecule has 0 aliphatic heterocycles. The van der Waals surface area contributed by atoms with E-state index in [-0.39, 0.29) is 16.9 Å². The fraction of sp³-hybridized carbons (Fsp3) is 0.0714. The number of hydrogen-bond acceptors (Lipinski definition) is 3. The molecule has 2 rings (SSSR count). The first-order valence-corrected chi connectivity index (χ1v) is 7.35. The summed E-state index contributed by atoms with van der Waals surface area (Å²) < 4.78 is 0.848. The first kappa shape index (κ1) is 15.7. The lowest BCUT2D eigenvalue weighted by atomic mass is 10.1. The number of nitro groups is 1. The summed E-state index contributed by atoms with van der Waals surface area (Å²) in [4.78, 5) is 22.7. The standard InChI is InChI=1S/C14H10ClIN2O3/c1-8-2-5-12(13(6-8)18(20)21)17-14(19)10-7-9(16)3-4-11(10)15/h2-7H,1H3,(H,17,19). The van der Waals surface area contributed by atoms with Crippen molar-refractivity contribution >= 4 is 51.5 Å². The molecule has 0 fully saturated rings. The number of nitrogens with zero attached hydrogens (tertiary/aromatic N) is 1. The minimum absolute atomic E-state index is 0.144. The zero-order chi connectivity index (χ0) is 15.6. The van der Waals surface area contributed by atoms with Crippen LogP contribution in [0.2, 0.25) is 5.02 Å². The van der Waals surface area contributed by atoms with Crippen LogP contribution in [0.5, 0.6) is 0 Å². The van der Waals surface area contributed by atoms with Gasteiger partial charge in [0.1, 0.15) is 5.69 Å². The first-order chi connectivity index (χ1) is 9.88. The normalized spacial score (nSPS) is 10.2. The Morgan fingerprint density at radius 1 is 1.29 bits per heavy atom. The van der Waals surface area contributed by atoms with Crippen LogP contribution in [0.15, 0.2) is 36.4 Å². The van der Waals surface area contributed by atoms with Gasteiger partial charge in [-0.3, -0.25) is 14.9 Å². The predicted octanol–water partition coefficient (Wildman–Crippen LogP) is 4.41. The molecule has 0 unspecified atom stereocenters. The fourth-order valence-corrected chi connectivity index (χ4v) is 2.45. The van der Waals surface area contributed by atoms with Crippen molar-refractivity contribution in [1.82, 2.24) is 0 Å². The zero-order valence-electron chi connectivity index (χ0n) is 10.9. The van der Waals surface area contributed by atoms with Crippen molar-refractivity contribution in [3.63, 3.8) is 0 Å². The Labute approximate surface area is 139 Å². The Balaban J connectivity index is 2.36. The van der Waals surface area contributed by atoms with Crippen LogP contribution in [0, 0.1) is 20.6 Å². The minimum atomic E-state index is -0.529. The topological polar surface area (TPSA) is 72.2 Å². The molecular weight excluding hydrogens is 407 g/mol. The molecule has 0 saturated heterocycles. The molecular formula is C14H10ClIN2O3. The summed E-state index contributed by atoms with van der Waals surface area (Å²) in [6.07, 6.45) is 0. The van der Waals surface area contributed by atoms with Crippen LogP contribution in [0.3, 0.4) is 0 Å². The molecule has 0 spiro atoms. The van der Waals surface area contributed by atoms with Crippen molar-refractivity contribution in [2.75, 3.05) is 5.32 Å². The number of carbonyl (C=O) groups excluding carboxylic acids is 1. The van der Waals surface area contributed by atoms with E-state index in [2.05, 4.69) is 27.9 Å². The Bertz CT molecular complexity index is 734. The molecule has 0 saturated carbocycles. The summed E-state index contributed by atoms with van der Waals surface area (Å²) >= 11 is 8.05. The van der Waals surface area contributed by atoms with Crippen LogP contribution in [0.1, 0.15) is 15.9 Å².